The van der Waals surface area contributed by atoms with E-state index < -0.39 is 0 Å². The third-order valence-corrected chi connectivity index (χ3v) is 4.34. The molecule has 0 aliphatic carbocycles. The highest BCUT2D eigenvalue weighted by Gasteiger charge is 2.12. The van der Waals surface area contributed by atoms with Crippen molar-refractivity contribution in [2.75, 3.05) is 39.4 Å². The van der Waals surface area contributed by atoms with Crippen LogP contribution in [0.5, 0.6) is 11.5 Å². The van der Waals surface area contributed by atoms with Gasteiger partial charge in [-0.1, -0.05) is 26.5 Å². The normalized spacial score (nSPS) is 10.8. The second-order valence-corrected chi connectivity index (χ2v) is 6.30. The van der Waals surface area contributed by atoms with E-state index in [1.54, 1.807) is 6.08 Å². The van der Waals surface area contributed by atoms with Crippen LogP contribution in [-0.2, 0) is 6.54 Å². The van der Waals surface area contributed by atoms with Crippen LogP contribution in [0.25, 0.3) is 0 Å². The molecule has 0 aliphatic heterocycles. The lowest BCUT2D eigenvalue weighted by Gasteiger charge is -2.18. The highest BCUT2D eigenvalue weighted by atomic mass is 127. The van der Waals surface area contributed by atoms with Gasteiger partial charge in [-0.25, -0.2) is 0 Å². The first kappa shape index (κ1) is 20.3. The minimum absolute atomic E-state index is 0.484. The zero-order valence-electron chi connectivity index (χ0n) is 14.5. The van der Waals surface area contributed by atoms with Crippen LogP contribution >= 0.6 is 22.6 Å². The summed E-state index contributed by atoms with van der Waals surface area (Å²) in [4.78, 5) is 2.41. The monoisotopic (exact) mass is 432 g/mol. The molecule has 0 heterocycles. The highest BCUT2D eigenvalue weighted by Crippen LogP contribution is 2.34. The number of hydrogen-bond donors (Lipinski definition) is 1. The van der Waals surface area contributed by atoms with E-state index in [9.17, 15) is 0 Å². The fourth-order valence-corrected chi connectivity index (χ4v) is 3.10. The summed E-state index contributed by atoms with van der Waals surface area (Å²) in [5.74, 6) is 1.61. The van der Waals surface area contributed by atoms with E-state index in [1.165, 1.54) is 5.56 Å². The average Bonchev–Trinajstić information content (AvgIpc) is 2.54. The van der Waals surface area contributed by atoms with Gasteiger partial charge in [-0.3, -0.25) is 0 Å². The van der Waals surface area contributed by atoms with Crippen LogP contribution in [0, 0.1) is 3.57 Å². The number of hydrogen-bond acceptors (Lipinski definition) is 4. The third-order valence-electron chi connectivity index (χ3n) is 3.54. The van der Waals surface area contributed by atoms with Gasteiger partial charge >= 0.3 is 0 Å². The smallest absolute Gasteiger partial charge is 0.174 e. The topological polar surface area (TPSA) is 33.7 Å². The summed E-state index contributed by atoms with van der Waals surface area (Å²) in [6, 6.07) is 4.21. The molecule has 23 heavy (non-hydrogen) atoms. The molecule has 1 rings (SSSR count). The lowest BCUT2D eigenvalue weighted by Crippen LogP contribution is -2.31. The Kier molecular flexibility index (Phi) is 10.3. The summed E-state index contributed by atoms with van der Waals surface area (Å²) in [6.07, 6.45) is 1.74. The van der Waals surface area contributed by atoms with Gasteiger partial charge in [0.15, 0.2) is 11.5 Å². The molecule has 0 saturated carbocycles. The lowest BCUT2D eigenvalue weighted by atomic mass is 10.2. The Balaban J connectivity index is 2.66. The van der Waals surface area contributed by atoms with Crippen molar-refractivity contribution in [3.05, 3.63) is 33.9 Å². The SMILES string of the molecule is C=CCOc1c(I)cc(CNCCN(CC)CC)cc1OCC. The minimum atomic E-state index is 0.484. The average molecular weight is 432 g/mol. The molecule has 0 saturated heterocycles. The maximum atomic E-state index is 5.73. The summed E-state index contributed by atoms with van der Waals surface area (Å²) in [6.45, 7) is 16.3. The fourth-order valence-electron chi connectivity index (χ4n) is 2.28. The van der Waals surface area contributed by atoms with E-state index in [4.69, 9.17) is 9.47 Å². The van der Waals surface area contributed by atoms with Crippen LogP contribution < -0.4 is 14.8 Å². The van der Waals surface area contributed by atoms with Crippen molar-refractivity contribution < 1.29 is 9.47 Å². The fraction of sp³-hybridized carbons (Fsp3) is 0.556. The second kappa shape index (κ2) is 11.7. The number of nitrogens with one attached hydrogen (secondary N) is 1. The quantitative estimate of drug-likeness (QED) is 0.311. The van der Waals surface area contributed by atoms with Crippen LogP contribution in [0.4, 0.5) is 0 Å². The van der Waals surface area contributed by atoms with E-state index in [-0.39, 0.29) is 0 Å². The standard InChI is InChI=1S/C18H29IN2O2/c1-5-11-23-18-16(19)12-15(13-17(18)22-8-4)14-20-9-10-21(6-2)7-3/h5,12-13,20H,1,6-11,14H2,2-4H3. The van der Waals surface area contributed by atoms with E-state index in [0.717, 1.165) is 47.8 Å². The molecule has 0 amide bonds. The molecule has 0 bridgehead atoms. The zero-order chi connectivity index (χ0) is 17.1. The molecule has 1 N–H and O–H groups in total. The number of likely N-dealkylation sites (N-methyl/N-ethyl adjacent to an activating group) is 1. The van der Waals surface area contributed by atoms with Crippen molar-refractivity contribution in [1.82, 2.24) is 10.2 Å². The van der Waals surface area contributed by atoms with Gasteiger partial charge in [0.1, 0.15) is 6.61 Å². The summed E-state index contributed by atoms with van der Waals surface area (Å²) in [7, 11) is 0. The number of nitrogens with zero attached hydrogens (tertiary/aromatic N) is 1. The molecule has 0 unspecified atom stereocenters. The van der Waals surface area contributed by atoms with Crippen molar-refractivity contribution in [2.24, 2.45) is 0 Å². The van der Waals surface area contributed by atoms with Crippen LogP contribution in [-0.4, -0.2) is 44.3 Å². The van der Waals surface area contributed by atoms with E-state index >= 15 is 0 Å². The second-order valence-electron chi connectivity index (χ2n) is 5.14. The van der Waals surface area contributed by atoms with E-state index in [1.807, 2.05) is 6.92 Å². The molecule has 0 atom stereocenters. The first-order valence-corrected chi connectivity index (χ1v) is 9.36. The summed E-state index contributed by atoms with van der Waals surface area (Å²) < 4.78 is 12.5. The maximum absolute atomic E-state index is 5.73. The zero-order valence-corrected chi connectivity index (χ0v) is 16.7. The summed E-state index contributed by atoms with van der Waals surface area (Å²) in [5.41, 5.74) is 1.21. The van der Waals surface area contributed by atoms with Crippen LogP contribution in [0.1, 0.15) is 26.3 Å². The van der Waals surface area contributed by atoms with Gasteiger partial charge in [-0.2, -0.15) is 0 Å². The molecule has 1 aromatic rings. The maximum Gasteiger partial charge on any atom is 0.174 e. The summed E-state index contributed by atoms with van der Waals surface area (Å²) in [5, 5.41) is 3.50. The molecule has 0 aliphatic rings. The van der Waals surface area contributed by atoms with Gasteiger partial charge in [0.25, 0.3) is 0 Å². The van der Waals surface area contributed by atoms with Crippen molar-refractivity contribution in [3.8, 4) is 11.5 Å². The van der Waals surface area contributed by atoms with Crippen molar-refractivity contribution in [3.63, 3.8) is 0 Å². The molecule has 0 aromatic heterocycles. The van der Waals surface area contributed by atoms with Gasteiger partial charge in [-0.15, -0.1) is 0 Å². The Labute approximate surface area is 154 Å². The van der Waals surface area contributed by atoms with Crippen LogP contribution in [0.15, 0.2) is 24.8 Å². The van der Waals surface area contributed by atoms with Gasteiger partial charge in [0.05, 0.1) is 10.2 Å². The molecular weight excluding hydrogens is 403 g/mol. The largest absolute Gasteiger partial charge is 0.490 e. The number of halogens is 1. The summed E-state index contributed by atoms with van der Waals surface area (Å²) >= 11 is 2.30. The van der Waals surface area contributed by atoms with Crippen molar-refractivity contribution in [1.29, 1.82) is 0 Å². The van der Waals surface area contributed by atoms with Gasteiger partial charge < -0.3 is 19.7 Å². The Morgan fingerprint density at radius 3 is 2.57 bits per heavy atom. The van der Waals surface area contributed by atoms with Crippen LogP contribution in [0.2, 0.25) is 0 Å². The minimum Gasteiger partial charge on any atom is -0.490 e. The molecule has 0 spiro atoms. The first-order chi connectivity index (χ1) is 11.2. The third kappa shape index (κ3) is 7.10. The highest BCUT2D eigenvalue weighted by molar-refractivity contribution is 14.1. The molecule has 5 heteroatoms. The Bertz CT molecular complexity index is 476. The van der Waals surface area contributed by atoms with Gasteiger partial charge in [0.2, 0.25) is 0 Å². The predicted molar refractivity (Wildman–Crippen MR) is 106 cm³/mol. The lowest BCUT2D eigenvalue weighted by molar-refractivity contribution is 0.294. The van der Waals surface area contributed by atoms with E-state index in [0.29, 0.717) is 13.2 Å². The molecule has 130 valence electrons. The molecule has 1 aromatic carbocycles. The molecule has 0 radical (unpaired) electrons. The van der Waals surface area contributed by atoms with Crippen LogP contribution in [0.3, 0.4) is 0 Å². The predicted octanol–water partition coefficient (Wildman–Crippen LogP) is 3.69. The van der Waals surface area contributed by atoms with Crippen molar-refractivity contribution >= 4 is 22.6 Å². The van der Waals surface area contributed by atoms with E-state index in [2.05, 4.69) is 65.4 Å². The Morgan fingerprint density at radius 2 is 1.96 bits per heavy atom. The Hall–Kier alpha value is -0.790. The molecular formula is C18H29IN2O2. The van der Waals surface area contributed by atoms with Gasteiger partial charge in [0, 0.05) is 19.6 Å². The van der Waals surface area contributed by atoms with Crippen molar-refractivity contribution in [2.45, 2.75) is 27.3 Å². The molecule has 0 fully saturated rings. The molecule has 4 nitrogen and oxygen atoms in total. The number of benzene rings is 1. The number of rotatable bonds is 12. The van der Waals surface area contributed by atoms with Gasteiger partial charge in [-0.05, 0) is 60.3 Å². The Morgan fingerprint density at radius 1 is 1.22 bits per heavy atom. The number of ether oxygens (including phenoxy) is 2. The first-order valence-electron chi connectivity index (χ1n) is 8.28.